The van der Waals surface area contributed by atoms with Gasteiger partial charge in [0.05, 0.1) is 0 Å². The standard InChI is InChI=1S/C9H15N5/c1-7-6-11-9(13-10)12-8(7)14-4-2-3-5-14/h6H,2-5,10H2,1H3,(H,11,12,13). The molecule has 0 saturated carbocycles. The third kappa shape index (κ3) is 1.63. The lowest BCUT2D eigenvalue weighted by Crippen LogP contribution is -2.21. The van der Waals surface area contributed by atoms with Crippen LogP contribution in [-0.4, -0.2) is 23.1 Å². The molecule has 1 aliphatic rings. The number of hydrogen-bond acceptors (Lipinski definition) is 5. The Kier molecular flexibility index (Phi) is 2.49. The zero-order chi connectivity index (χ0) is 9.97. The molecule has 1 aromatic rings. The van der Waals surface area contributed by atoms with Gasteiger partial charge >= 0.3 is 0 Å². The first-order valence-corrected chi connectivity index (χ1v) is 4.86. The molecule has 5 nitrogen and oxygen atoms in total. The molecule has 0 radical (unpaired) electrons. The minimum Gasteiger partial charge on any atom is -0.356 e. The van der Waals surface area contributed by atoms with Crippen LogP contribution in [0.3, 0.4) is 0 Å². The molecule has 1 aromatic heterocycles. The lowest BCUT2D eigenvalue weighted by Gasteiger charge is -2.18. The lowest BCUT2D eigenvalue weighted by atomic mass is 10.3. The highest BCUT2D eigenvalue weighted by atomic mass is 15.3. The van der Waals surface area contributed by atoms with Crippen LogP contribution in [-0.2, 0) is 0 Å². The maximum atomic E-state index is 5.27. The molecule has 14 heavy (non-hydrogen) atoms. The van der Waals surface area contributed by atoms with Gasteiger partial charge in [-0.2, -0.15) is 4.98 Å². The molecule has 1 fully saturated rings. The molecule has 1 saturated heterocycles. The van der Waals surface area contributed by atoms with Crippen molar-refractivity contribution in [1.29, 1.82) is 0 Å². The summed E-state index contributed by atoms with van der Waals surface area (Å²) >= 11 is 0. The Balaban J connectivity index is 2.29. The van der Waals surface area contributed by atoms with E-state index in [2.05, 4.69) is 20.3 Å². The van der Waals surface area contributed by atoms with Gasteiger partial charge in [-0.15, -0.1) is 0 Å². The summed E-state index contributed by atoms with van der Waals surface area (Å²) in [7, 11) is 0. The average molecular weight is 193 g/mol. The second kappa shape index (κ2) is 3.79. The monoisotopic (exact) mass is 193 g/mol. The van der Waals surface area contributed by atoms with Gasteiger partial charge < -0.3 is 4.90 Å². The van der Waals surface area contributed by atoms with E-state index in [0.29, 0.717) is 5.95 Å². The number of nitrogens with zero attached hydrogens (tertiary/aromatic N) is 3. The first-order chi connectivity index (χ1) is 6.81. The van der Waals surface area contributed by atoms with Crippen LogP contribution < -0.4 is 16.2 Å². The van der Waals surface area contributed by atoms with E-state index in [1.807, 2.05) is 6.92 Å². The molecule has 0 amide bonds. The van der Waals surface area contributed by atoms with E-state index in [1.54, 1.807) is 6.20 Å². The van der Waals surface area contributed by atoms with E-state index in [-0.39, 0.29) is 0 Å². The molecule has 0 aromatic carbocycles. The van der Waals surface area contributed by atoms with Crippen LogP contribution in [0.5, 0.6) is 0 Å². The number of aryl methyl sites for hydroxylation is 1. The molecule has 5 heteroatoms. The van der Waals surface area contributed by atoms with Crippen molar-refractivity contribution in [3.8, 4) is 0 Å². The highest BCUT2D eigenvalue weighted by Crippen LogP contribution is 2.21. The van der Waals surface area contributed by atoms with Gasteiger partial charge in [-0.05, 0) is 19.8 Å². The Labute approximate surface area is 83.3 Å². The molecule has 0 bridgehead atoms. The minimum atomic E-state index is 0.484. The number of hydrazine groups is 1. The number of nitrogen functional groups attached to an aromatic ring is 1. The van der Waals surface area contributed by atoms with Crippen molar-refractivity contribution in [1.82, 2.24) is 9.97 Å². The number of rotatable bonds is 2. The van der Waals surface area contributed by atoms with Gasteiger partial charge in [0.1, 0.15) is 5.82 Å². The first kappa shape index (κ1) is 9.21. The average Bonchev–Trinajstić information content (AvgIpc) is 2.71. The minimum absolute atomic E-state index is 0.484. The van der Waals surface area contributed by atoms with Crippen molar-refractivity contribution in [2.45, 2.75) is 19.8 Å². The van der Waals surface area contributed by atoms with Gasteiger partial charge in [-0.3, -0.25) is 5.43 Å². The zero-order valence-corrected chi connectivity index (χ0v) is 8.32. The summed E-state index contributed by atoms with van der Waals surface area (Å²) in [6.45, 7) is 4.19. The van der Waals surface area contributed by atoms with E-state index < -0.39 is 0 Å². The molecule has 2 rings (SSSR count). The van der Waals surface area contributed by atoms with Crippen LogP contribution in [0.4, 0.5) is 11.8 Å². The Morgan fingerprint density at radius 2 is 2.14 bits per heavy atom. The van der Waals surface area contributed by atoms with Gasteiger partial charge in [0, 0.05) is 24.8 Å². The second-order valence-electron chi connectivity index (χ2n) is 3.54. The highest BCUT2D eigenvalue weighted by Gasteiger charge is 2.16. The molecule has 2 heterocycles. The smallest absolute Gasteiger partial charge is 0.239 e. The normalized spacial score (nSPS) is 16.0. The molecule has 0 spiro atoms. The number of aromatic nitrogens is 2. The summed E-state index contributed by atoms with van der Waals surface area (Å²) in [5.74, 6) is 6.76. The largest absolute Gasteiger partial charge is 0.356 e. The first-order valence-electron chi connectivity index (χ1n) is 4.86. The van der Waals surface area contributed by atoms with Crippen molar-refractivity contribution in [3.05, 3.63) is 11.8 Å². The van der Waals surface area contributed by atoms with E-state index in [4.69, 9.17) is 5.84 Å². The molecule has 0 atom stereocenters. The molecular formula is C9H15N5. The summed E-state index contributed by atoms with van der Waals surface area (Å²) in [6, 6.07) is 0. The Morgan fingerprint density at radius 3 is 2.79 bits per heavy atom. The van der Waals surface area contributed by atoms with Crippen LogP contribution in [0.2, 0.25) is 0 Å². The van der Waals surface area contributed by atoms with Gasteiger partial charge in [-0.1, -0.05) is 0 Å². The summed E-state index contributed by atoms with van der Waals surface area (Å²) in [6.07, 6.45) is 4.29. The summed E-state index contributed by atoms with van der Waals surface area (Å²) < 4.78 is 0. The molecular weight excluding hydrogens is 178 g/mol. The Morgan fingerprint density at radius 1 is 1.43 bits per heavy atom. The van der Waals surface area contributed by atoms with Gasteiger partial charge in [0.15, 0.2) is 0 Å². The van der Waals surface area contributed by atoms with Crippen LogP contribution in [0.25, 0.3) is 0 Å². The summed E-state index contributed by atoms with van der Waals surface area (Å²) in [5.41, 5.74) is 3.57. The van der Waals surface area contributed by atoms with Gasteiger partial charge in [-0.25, -0.2) is 10.8 Å². The molecule has 76 valence electrons. The fourth-order valence-corrected chi connectivity index (χ4v) is 1.75. The van der Waals surface area contributed by atoms with Crippen molar-refractivity contribution < 1.29 is 0 Å². The van der Waals surface area contributed by atoms with E-state index in [9.17, 15) is 0 Å². The van der Waals surface area contributed by atoms with E-state index in [1.165, 1.54) is 12.8 Å². The van der Waals surface area contributed by atoms with Crippen molar-refractivity contribution in [2.24, 2.45) is 5.84 Å². The maximum absolute atomic E-state index is 5.27. The zero-order valence-electron chi connectivity index (χ0n) is 8.32. The summed E-state index contributed by atoms with van der Waals surface area (Å²) in [4.78, 5) is 10.7. The molecule has 3 N–H and O–H groups in total. The fraction of sp³-hybridized carbons (Fsp3) is 0.556. The Hall–Kier alpha value is -1.36. The predicted octanol–water partition coefficient (Wildman–Crippen LogP) is 0.671. The van der Waals surface area contributed by atoms with Gasteiger partial charge in [0.2, 0.25) is 5.95 Å². The van der Waals surface area contributed by atoms with E-state index in [0.717, 1.165) is 24.5 Å². The second-order valence-corrected chi connectivity index (χ2v) is 3.54. The number of anilines is 2. The van der Waals surface area contributed by atoms with Crippen molar-refractivity contribution in [2.75, 3.05) is 23.4 Å². The third-order valence-corrected chi connectivity index (χ3v) is 2.48. The third-order valence-electron chi connectivity index (χ3n) is 2.48. The molecule has 0 aliphatic carbocycles. The van der Waals surface area contributed by atoms with Gasteiger partial charge in [0.25, 0.3) is 0 Å². The highest BCUT2D eigenvalue weighted by molar-refractivity contribution is 5.49. The van der Waals surface area contributed by atoms with Crippen LogP contribution in [0.1, 0.15) is 18.4 Å². The molecule has 0 unspecified atom stereocenters. The van der Waals surface area contributed by atoms with E-state index >= 15 is 0 Å². The topological polar surface area (TPSA) is 67.1 Å². The van der Waals surface area contributed by atoms with Crippen molar-refractivity contribution in [3.63, 3.8) is 0 Å². The van der Waals surface area contributed by atoms with Crippen molar-refractivity contribution >= 4 is 11.8 Å². The number of nitrogens with two attached hydrogens (primary N) is 1. The molecule has 1 aliphatic heterocycles. The fourth-order valence-electron chi connectivity index (χ4n) is 1.75. The number of nitrogens with one attached hydrogen (secondary N) is 1. The maximum Gasteiger partial charge on any atom is 0.239 e. The quantitative estimate of drug-likeness (QED) is 0.534. The SMILES string of the molecule is Cc1cnc(NN)nc1N1CCCC1. The Bertz CT molecular complexity index is 319. The number of hydrogen-bond donors (Lipinski definition) is 2. The van der Waals surface area contributed by atoms with Crippen LogP contribution >= 0.6 is 0 Å². The van der Waals surface area contributed by atoms with Crippen LogP contribution in [0, 0.1) is 6.92 Å². The predicted molar refractivity (Wildman–Crippen MR) is 56.0 cm³/mol. The lowest BCUT2D eigenvalue weighted by molar-refractivity contribution is 0.915. The summed E-state index contributed by atoms with van der Waals surface area (Å²) in [5, 5.41) is 0. The van der Waals surface area contributed by atoms with Crippen LogP contribution in [0.15, 0.2) is 6.20 Å².